The van der Waals surface area contributed by atoms with Crippen LogP contribution in [0.15, 0.2) is 0 Å². The molecule has 0 spiro atoms. The molecule has 0 unspecified atom stereocenters. The summed E-state index contributed by atoms with van der Waals surface area (Å²) in [7, 11) is 0. The summed E-state index contributed by atoms with van der Waals surface area (Å²) in [5.74, 6) is 1.13. The number of carbonyl (C=O) groups is 1. The van der Waals surface area contributed by atoms with Crippen LogP contribution in [0, 0.1) is 5.92 Å². The van der Waals surface area contributed by atoms with Crippen LogP contribution in [-0.2, 0) is 4.79 Å². The Morgan fingerprint density at radius 3 is 2.31 bits per heavy atom. The molecule has 0 atom stereocenters. The number of hydrogen-bond donors (Lipinski definition) is 1. The van der Waals surface area contributed by atoms with E-state index in [0.29, 0.717) is 12.3 Å². The van der Waals surface area contributed by atoms with E-state index in [1.165, 1.54) is 6.42 Å². The molecule has 0 aromatic rings. The molecular weight excluding hydrogens is 162 g/mol. The molecule has 0 aliphatic carbocycles. The molecule has 0 saturated carbocycles. The van der Waals surface area contributed by atoms with E-state index in [9.17, 15) is 4.79 Å². The summed E-state index contributed by atoms with van der Waals surface area (Å²) in [4.78, 5) is 11.3. The molecule has 0 aliphatic rings. The molecule has 0 rings (SSSR count). The number of nitrogens with two attached hydrogens (primary N) is 1. The Morgan fingerprint density at radius 2 is 1.77 bits per heavy atom. The molecule has 13 heavy (non-hydrogen) atoms. The smallest absolute Gasteiger partial charge is 0.132 e. The van der Waals surface area contributed by atoms with Crippen molar-refractivity contribution in [1.82, 2.24) is 0 Å². The van der Waals surface area contributed by atoms with Crippen LogP contribution in [0.3, 0.4) is 0 Å². The van der Waals surface area contributed by atoms with Gasteiger partial charge in [-0.05, 0) is 31.7 Å². The van der Waals surface area contributed by atoms with Gasteiger partial charge in [-0.25, -0.2) is 0 Å². The maximum absolute atomic E-state index is 11.3. The van der Waals surface area contributed by atoms with Crippen molar-refractivity contribution in [2.24, 2.45) is 11.7 Å². The van der Waals surface area contributed by atoms with Gasteiger partial charge in [0.25, 0.3) is 0 Å². The molecule has 2 heteroatoms. The average Bonchev–Trinajstić information content (AvgIpc) is 2.04. The molecule has 0 aromatic carbocycles. The van der Waals surface area contributed by atoms with Crippen molar-refractivity contribution in [2.75, 3.05) is 6.54 Å². The molecule has 2 nitrogen and oxygen atoms in total. The van der Waals surface area contributed by atoms with E-state index >= 15 is 0 Å². The van der Waals surface area contributed by atoms with Gasteiger partial charge >= 0.3 is 0 Å². The highest BCUT2D eigenvalue weighted by molar-refractivity contribution is 5.78. The van der Waals surface area contributed by atoms with Crippen LogP contribution in [0.25, 0.3) is 0 Å². The van der Waals surface area contributed by atoms with E-state index < -0.39 is 0 Å². The highest BCUT2D eigenvalue weighted by Gasteiger charge is 2.02. The molecule has 2 N–H and O–H groups in total. The number of rotatable bonds is 8. The van der Waals surface area contributed by atoms with Gasteiger partial charge in [0.05, 0.1) is 0 Å². The fraction of sp³-hybridized carbons (Fsp3) is 0.909. The predicted octanol–water partition coefficient (Wildman–Crippen LogP) is 2.51. The second-order valence-electron chi connectivity index (χ2n) is 4.07. The van der Waals surface area contributed by atoms with Gasteiger partial charge in [0.2, 0.25) is 0 Å². The maximum atomic E-state index is 11.3. The lowest BCUT2D eigenvalue weighted by Gasteiger charge is -2.03. The fourth-order valence-corrected chi connectivity index (χ4v) is 1.30. The molecule has 0 heterocycles. The average molecular weight is 185 g/mol. The van der Waals surface area contributed by atoms with Gasteiger partial charge in [0.15, 0.2) is 0 Å². The van der Waals surface area contributed by atoms with Crippen LogP contribution in [0.4, 0.5) is 0 Å². The zero-order chi connectivity index (χ0) is 10.1. The Labute approximate surface area is 81.9 Å². The third kappa shape index (κ3) is 9.54. The number of ketones is 1. The van der Waals surface area contributed by atoms with Gasteiger partial charge in [0, 0.05) is 12.8 Å². The summed E-state index contributed by atoms with van der Waals surface area (Å²) in [5.41, 5.74) is 5.34. The molecule has 0 radical (unpaired) electrons. The summed E-state index contributed by atoms with van der Waals surface area (Å²) in [6, 6.07) is 0. The van der Waals surface area contributed by atoms with Crippen LogP contribution >= 0.6 is 0 Å². The summed E-state index contributed by atoms with van der Waals surface area (Å²) in [6.45, 7) is 5.09. The van der Waals surface area contributed by atoms with E-state index in [2.05, 4.69) is 13.8 Å². The van der Waals surface area contributed by atoms with Gasteiger partial charge in [-0.2, -0.15) is 0 Å². The molecular formula is C11H23NO. The van der Waals surface area contributed by atoms with Gasteiger partial charge in [-0.15, -0.1) is 0 Å². The quantitative estimate of drug-likeness (QED) is 0.590. The minimum atomic E-state index is 0.411. The number of carbonyl (C=O) groups excluding carboxylic acids is 1. The van der Waals surface area contributed by atoms with Gasteiger partial charge in [-0.3, -0.25) is 4.79 Å². The van der Waals surface area contributed by atoms with Gasteiger partial charge in [-0.1, -0.05) is 20.3 Å². The zero-order valence-corrected chi connectivity index (χ0v) is 9.01. The van der Waals surface area contributed by atoms with Crippen LogP contribution in [0.5, 0.6) is 0 Å². The molecule has 0 fully saturated rings. The summed E-state index contributed by atoms with van der Waals surface area (Å²) in [5, 5.41) is 0. The molecule has 0 saturated heterocycles. The lowest BCUT2D eigenvalue weighted by Crippen LogP contribution is -2.02. The Bertz CT molecular complexity index is 132. The predicted molar refractivity (Wildman–Crippen MR) is 56.6 cm³/mol. The molecule has 78 valence electrons. The zero-order valence-electron chi connectivity index (χ0n) is 9.01. The molecule has 0 amide bonds. The Hall–Kier alpha value is -0.370. The maximum Gasteiger partial charge on any atom is 0.132 e. The van der Waals surface area contributed by atoms with Crippen LogP contribution in [0.2, 0.25) is 0 Å². The van der Waals surface area contributed by atoms with Crippen LogP contribution in [-0.4, -0.2) is 12.3 Å². The Kier molecular flexibility index (Phi) is 8.00. The van der Waals surface area contributed by atoms with Gasteiger partial charge < -0.3 is 5.73 Å². The molecule has 0 aliphatic heterocycles. The first-order valence-electron chi connectivity index (χ1n) is 5.38. The number of Topliss-reactive ketones (excluding diaryl/α,β-unsaturated/α-hetero) is 1. The van der Waals surface area contributed by atoms with E-state index in [4.69, 9.17) is 5.73 Å². The topological polar surface area (TPSA) is 43.1 Å². The van der Waals surface area contributed by atoms with E-state index in [0.717, 1.165) is 38.0 Å². The van der Waals surface area contributed by atoms with Crippen molar-refractivity contribution < 1.29 is 4.79 Å². The van der Waals surface area contributed by atoms with E-state index in [1.807, 2.05) is 0 Å². The highest BCUT2D eigenvalue weighted by Crippen LogP contribution is 2.08. The van der Waals surface area contributed by atoms with E-state index in [1.54, 1.807) is 0 Å². The monoisotopic (exact) mass is 185 g/mol. The lowest BCUT2D eigenvalue weighted by atomic mass is 10.0. The Morgan fingerprint density at radius 1 is 1.15 bits per heavy atom. The second-order valence-corrected chi connectivity index (χ2v) is 4.07. The standard InChI is InChI=1S/C11H23NO/c1-10(2)6-5-8-11(13)7-3-4-9-12/h10H,3-9,12H2,1-2H3. The van der Waals surface area contributed by atoms with Crippen molar-refractivity contribution in [3.05, 3.63) is 0 Å². The summed E-state index contributed by atoms with van der Waals surface area (Å²) in [6.07, 6.45) is 5.67. The fourth-order valence-electron chi connectivity index (χ4n) is 1.30. The number of unbranched alkanes of at least 4 members (excludes halogenated alkanes) is 1. The normalized spacial score (nSPS) is 10.8. The van der Waals surface area contributed by atoms with E-state index in [-0.39, 0.29) is 0 Å². The lowest BCUT2D eigenvalue weighted by molar-refractivity contribution is -0.119. The highest BCUT2D eigenvalue weighted by atomic mass is 16.1. The van der Waals surface area contributed by atoms with Gasteiger partial charge in [0.1, 0.15) is 5.78 Å². The third-order valence-corrected chi connectivity index (χ3v) is 2.15. The molecule has 0 aromatic heterocycles. The van der Waals surface area contributed by atoms with Crippen molar-refractivity contribution in [3.8, 4) is 0 Å². The van der Waals surface area contributed by atoms with Crippen molar-refractivity contribution in [2.45, 2.75) is 52.4 Å². The first kappa shape index (κ1) is 12.6. The summed E-state index contributed by atoms with van der Waals surface area (Å²) >= 11 is 0. The SMILES string of the molecule is CC(C)CCCC(=O)CCCCN. The minimum absolute atomic E-state index is 0.411. The van der Waals surface area contributed by atoms with Crippen LogP contribution < -0.4 is 5.73 Å². The second kappa shape index (κ2) is 8.24. The Balaban J connectivity index is 3.20. The minimum Gasteiger partial charge on any atom is -0.330 e. The van der Waals surface area contributed by atoms with Crippen molar-refractivity contribution in [3.63, 3.8) is 0 Å². The molecule has 0 bridgehead atoms. The third-order valence-electron chi connectivity index (χ3n) is 2.15. The first-order valence-corrected chi connectivity index (χ1v) is 5.38. The van der Waals surface area contributed by atoms with Crippen LogP contribution in [0.1, 0.15) is 52.4 Å². The van der Waals surface area contributed by atoms with Crippen molar-refractivity contribution >= 4 is 5.78 Å². The largest absolute Gasteiger partial charge is 0.330 e. The summed E-state index contributed by atoms with van der Waals surface area (Å²) < 4.78 is 0. The number of hydrogen-bond acceptors (Lipinski definition) is 2. The first-order chi connectivity index (χ1) is 6.16. The van der Waals surface area contributed by atoms with Crippen molar-refractivity contribution in [1.29, 1.82) is 0 Å².